The molecule has 8 heteroatoms. The fourth-order valence-corrected chi connectivity index (χ4v) is 2.21. The van der Waals surface area contributed by atoms with Gasteiger partial charge in [-0.25, -0.2) is 13.6 Å². The summed E-state index contributed by atoms with van der Waals surface area (Å²) in [5.74, 6) is -0.416. The first kappa shape index (κ1) is 14.4. The van der Waals surface area contributed by atoms with E-state index in [1.54, 1.807) is 0 Å². The number of pyridine rings is 1. The minimum absolute atomic E-state index is 0.0301. The van der Waals surface area contributed by atoms with Gasteiger partial charge in [-0.3, -0.25) is 9.78 Å². The van der Waals surface area contributed by atoms with Crippen LogP contribution in [-0.4, -0.2) is 19.3 Å². The highest BCUT2D eigenvalue weighted by Gasteiger charge is 2.11. The Hall–Kier alpha value is -1.96. The van der Waals surface area contributed by atoms with E-state index >= 15 is 0 Å². The van der Waals surface area contributed by atoms with Crippen molar-refractivity contribution in [2.24, 2.45) is 5.14 Å². The number of aromatic nitrogens is 1. The molecule has 1 aromatic carbocycles. The predicted molar refractivity (Wildman–Crippen MR) is 75.0 cm³/mol. The van der Waals surface area contributed by atoms with Crippen molar-refractivity contribution in [2.75, 3.05) is 5.32 Å². The zero-order valence-corrected chi connectivity index (χ0v) is 11.6. The number of halogens is 1. The van der Waals surface area contributed by atoms with Crippen LogP contribution in [0.1, 0.15) is 10.4 Å². The molecule has 20 heavy (non-hydrogen) atoms. The number of nitrogens with one attached hydrogen (secondary N) is 1. The van der Waals surface area contributed by atoms with Crippen molar-refractivity contribution in [3.63, 3.8) is 0 Å². The van der Waals surface area contributed by atoms with Crippen molar-refractivity contribution < 1.29 is 13.2 Å². The fourth-order valence-electron chi connectivity index (χ4n) is 1.49. The monoisotopic (exact) mass is 311 g/mol. The van der Waals surface area contributed by atoms with Crippen LogP contribution >= 0.6 is 11.6 Å². The van der Waals surface area contributed by atoms with Gasteiger partial charge in [0.15, 0.2) is 0 Å². The van der Waals surface area contributed by atoms with Gasteiger partial charge in [0.2, 0.25) is 10.0 Å². The highest BCUT2D eigenvalue weighted by Crippen LogP contribution is 2.17. The van der Waals surface area contributed by atoms with Gasteiger partial charge >= 0.3 is 0 Å². The second-order valence-electron chi connectivity index (χ2n) is 3.88. The summed E-state index contributed by atoms with van der Waals surface area (Å²) in [6.07, 6.45) is 2.81. The molecule has 0 saturated heterocycles. The largest absolute Gasteiger partial charge is 0.322 e. The van der Waals surface area contributed by atoms with Crippen molar-refractivity contribution in [3.05, 3.63) is 53.3 Å². The molecule has 0 aliphatic carbocycles. The molecule has 2 aromatic rings. The number of hydrogen-bond acceptors (Lipinski definition) is 4. The fraction of sp³-hybridized carbons (Fsp3) is 0. The standard InChI is InChI=1S/C12H10ClN3O3S/c13-11-7-15-6-5-10(11)12(17)16-8-1-3-9(4-2-8)20(14,18)19/h1-7H,(H,16,17)(H2,14,18,19). The molecule has 0 unspecified atom stereocenters. The molecule has 0 saturated carbocycles. The van der Waals surface area contributed by atoms with Crippen LogP contribution in [0, 0.1) is 0 Å². The van der Waals surface area contributed by atoms with E-state index in [4.69, 9.17) is 16.7 Å². The van der Waals surface area contributed by atoms with Gasteiger partial charge in [-0.15, -0.1) is 0 Å². The summed E-state index contributed by atoms with van der Waals surface area (Å²) >= 11 is 5.85. The molecule has 1 amide bonds. The van der Waals surface area contributed by atoms with Crippen LogP contribution in [0.25, 0.3) is 0 Å². The Kier molecular flexibility index (Phi) is 4.03. The topological polar surface area (TPSA) is 102 Å². The molecule has 0 fully saturated rings. The van der Waals surface area contributed by atoms with Gasteiger partial charge in [0.1, 0.15) is 0 Å². The lowest BCUT2D eigenvalue weighted by molar-refractivity contribution is 0.102. The van der Waals surface area contributed by atoms with Crippen LogP contribution in [0.2, 0.25) is 5.02 Å². The van der Waals surface area contributed by atoms with Crippen LogP contribution in [-0.2, 0) is 10.0 Å². The second kappa shape index (κ2) is 5.58. The summed E-state index contributed by atoms with van der Waals surface area (Å²) < 4.78 is 22.2. The van der Waals surface area contributed by atoms with Crippen LogP contribution in [0.4, 0.5) is 5.69 Å². The molecule has 1 aromatic heterocycles. The van der Waals surface area contributed by atoms with E-state index in [0.717, 1.165) is 0 Å². The minimum Gasteiger partial charge on any atom is -0.322 e. The second-order valence-corrected chi connectivity index (χ2v) is 5.85. The van der Waals surface area contributed by atoms with Gasteiger partial charge in [0, 0.05) is 18.1 Å². The summed E-state index contributed by atoms with van der Waals surface area (Å²) in [6.45, 7) is 0. The number of rotatable bonds is 3. The highest BCUT2D eigenvalue weighted by molar-refractivity contribution is 7.89. The zero-order chi connectivity index (χ0) is 14.8. The lowest BCUT2D eigenvalue weighted by Crippen LogP contribution is -2.14. The Morgan fingerprint density at radius 3 is 2.40 bits per heavy atom. The molecule has 0 atom stereocenters. The molecular weight excluding hydrogens is 302 g/mol. The first-order valence-corrected chi connectivity index (χ1v) is 7.34. The van der Waals surface area contributed by atoms with Crippen molar-refractivity contribution >= 4 is 33.2 Å². The number of carbonyl (C=O) groups is 1. The molecule has 0 aliphatic rings. The minimum atomic E-state index is -3.75. The third-order valence-electron chi connectivity index (χ3n) is 2.46. The average molecular weight is 312 g/mol. The van der Waals surface area contributed by atoms with Crippen molar-refractivity contribution in [3.8, 4) is 0 Å². The number of carbonyl (C=O) groups excluding carboxylic acids is 1. The smallest absolute Gasteiger partial charge is 0.257 e. The molecule has 2 rings (SSSR count). The van der Waals surface area contributed by atoms with Gasteiger partial charge in [0.25, 0.3) is 5.91 Å². The zero-order valence-electron chi connectivity index (χ0n) is 10.1. The Morgan fingerprint density at radius 1 is 1.20 bits per heavy atom. The first-order chi connectivity index (χ1) is 9.38. The number of hydrogen-bond donors (Lipinski definition) is 2. The number of nitrogens with zero attached hydrogens (tertiary/aromatic N) is 1. The first-order valence-electron chi connectivity index (χ1n) is 5.41. The summed E-state index contributed by atoms with van der Waals surface area (Å²) in [4.78, 5) is 15.7. The van der Waals surface area contributed by atoms with Gasteiger partial charge in [-0.05, 0) is 30.3 Å². The quantitative estimate of drug-likeness (QED) is 0.899. The van der Waals surface area contributed by atoms with Crippen LogP contribution < -0.4 is 10.5 Å². The Bertz CT molecular complexity index is 745. The number of amides is 1. The average Bonchev–Trinajstić information content (AvgIpc) is 2.38. The molecular formula is C12H10ClN3O3S. The third-order valence-corrected chi connectivity index (χ3v) is 3.69. The van der Waals surface area contributed by atoms with Crippen LogP contribution in [0.15, 0.2) is 47.6 Å². The molecule has 0 bridgehead atoms. The van der Waals surface area contributed by atoms with Crippen molar-refractivity contribution in [1.29, 1.82) is 0 Å². The van der Waals surface area contributed by atoms with E-state index in [1.807, 2.05) is 0 Å². The lowest BCUT2D eigenvalue weighted by Gasteiger charge is -2.07. The van der Waals surface area contributed by atoms with Gasteiger partial charge in [-0.2, -0.15) is 0 Å². The predicted octanol–water partition coefficient (Wildman–Crippen LogP) is 1.63. The molecule has 0 radical (unpaired) electrons. The maximum atomic E-state index is 12.0. The molecule has 0 aliphatic heterocycles. The van der Waals surface area contributed by atoms with E-state index in [-0.39, 0.29) is 15.5 Å². The van der Waals surface area contributed by atoms with Gasteiger partial charge in [0.05, 0.1) is 15.5 Å². The molecule has 104 valence electrons. The van der Waals surface area contributed by atoms with Crippen LogP contribution in [0.3, 0.4) is 0 Å². The molecule has 1 heterocycles. The normalized spacial score (nSPS) is 11.1. The maximum Gasteiger partial charge on any atom is 0.257 e. The summed E-state index contributed by atoms with van der Waals surface area (Å²) in [6, 6.07) is 6.97. The molecule has 0 spiro atoms. The SMILES string of the molecule is NS(=O)(=O)c1ccc(NC(=O)c2ccncc2Cl)cc1. The Balaban J connectivity index is 2.19. The molecule has 6 nitrogen and oxygen atoms in total. The number of anilines is 1. The van der Waals surface area contributed by atoms with E-state index in [2.05, 4.69) is 10.3 Å². The number of primary sulfonamides is 1. The highest BCUT2D eigenvalue weighted by atomic mass is 35.5. The van der Waals surface area contributed by atoms with E-state index in [9.17, 15) is 13.2 Å². The lowest BCUT2D eigenvalue weighted by atomic mass is 10.2. The van der Waals surface area contributed by atoms with Gasteiger partial charge < -0.3 is 5.32 Å². The Morgan fingerprint density at radius 2 is 1.85 bits per heavy atom. The van der Waals surface area contributed by atoms with Gasteiger partial charge in [-0.1, -0.05) is 11.6 Å². The van der Waals surface area contributed by atoms with E-state index < -0.39 is 15.9 Å². The number of sulfonamides is 1. The third kappa shape index (κ3) is 3.32. The Labute approximate surface area is 120 Å². The summed E-state index contributed by atoms with van der Waals surface area (Å²) in [5, 5.41) is 7.80. The number of nitrogens with two attached hydrogens (primary N) is 1. The number of benzene rings is 1. The van der Waals surface area contributed by atoms with E-state index in [0.29, 0.717) is 5.69 Å². The van der Waals surface area contributed by atoms with Crippen molar-refractivity contribution in [1.82, 2.24) is 4.98 Å². The molecule has 3 N–H and O–H groups in total. The summed E-state index contributed by atoms with van der Waals surface area (Å²) in [7, 11) is -3.75. The van der Waals surface area contributed by atoms with Crippen molar-refractivity contribution in [2.45, 2.75) is 4.90 Å². The van der Waals surface area contributed by atoms with Crippen LogP contribution in [0.5, 0.6) is 0 Å². The maximum absolute atomic E-state index is 12.0. The van der Waals surface area contributed by atoms with E-state index in [1.165, 1.54) is 42.7 Å². The summed E-state index contributed by atoms with van der Waals surface area (Å²) in [5.41, 5.74) is 0.701.